The number of benzene rings is 1. The van der Waals surface area contributed by atoms with Crippen molar-refractivity contribution in [1.29, 1.82) is 0 Å². The van der Waals surface area contributed by atoms with Crippen molar-refractivity contribution in [3.05, 3.63) is 24.3 Å². The molecule has 1 aromatic heterocycles. The van der Waals surface area contributed by atoms with Gasteiger partial charge >= 0.3 is 0 Å². The highest BCUT2D eigenvalue weighted by Crippen LogP contribution is 2.16. The molecular weight excluding hydrogens is 154 g/mol. The molecule has 0 unspecified atom stereocenters. The fourth-order valence-corrected chi connectivity index (χ4v) is 1.05. The summed E-state index contributed by atoms with van der Waals surface area (Å²) < 4.78 is 5.20. The molecule has 3 heteroatoms. The van der Waals surface area contributed by atoms with Crippen molar-refractivity contribution in [2.45, 2.75) is 13.3 Å². The molecule has 0 atom stereocenters. The van der Waals surface area contributed by atoms with Gasteiger partial charge in [-0.1, -0.05) is 19.1 Å². The van der Waals surface area contributed by atoms with E-state index in [0.29, 0.717) is 6.61 Å². The predicted molar refractivity (Wildman–Crippen MR) is 45.9 cm³/mol. The highest BCUT2D eigenvalue weighted by Gasteiger charge is 2.06. The van der Waals surface area contributed by atoms with Crippen LogP contribution >= 0.6 is 0 Å². The fourth-order valence-electron chi connectivity index (χ4n) is 1.05. The monoisotopic (exact) mass is 165 g/mol. The van der Waals surface area contributed by atoms with Gasteiger partial charge in [0.2, 0.25) is 0 Å². The summed E-state index contributed by atoms with van der Waals surface area (Å²) in [5.41, 5.74) is 1.89. The van der Waals surface area contributed by atoms with E-state index < -0.39 is 0 Å². The van der Waals surface area contributed by atoms with Crippen LogP contribution in [-0.4, -0.2) is 11.5 Å². The molecule has 1 aromatic carbocycles. The number of hydrogen-bond acceptors (Lipinski definition) is 2. The zero-order valence-electron chi connectivity index (χ0n) is 6.99. The summed E-state index contributed by atoms with van der Waals surface area (Å²) in [7, 11) is 0. The number of aromatic nitrogens is 1. The van der Waals surface area contributed by atoms with Crippen LogP contribution in [0, 0.1) is 0 Å². The molecule has 0 amide bonds. The van der Waals surface area contributed by atoms with Gasteiger partial charge in [-0.05, 0) is 23.5 Å². The Morgan fingerprint density at radius 3 is 3.00 bits per heavy atom. The Labute approximate surface area is 70.4 Å². The summed E-state index contributed by atoms with van der Waals surface area (Å²) in [5, 5.41) is 0. The van der Waals surface area contributed by atoms with Crippen LogP contribution < -0.4 is 4.84 Å². The molecule has 0 fully saturated rings. The Hall–Kier alpha value is -1.38. The molecule has 2 aromatic rings. The molecule has 0 radical (unpaired) electrons. The van der Waals surface area contributed by atoms with E-state index in [1.54, 1.807) is 0 Å². The van der Waals surface area contributed by atoms with Crippen LogP contribution in [0.4, 0.5) is 0 Å². The quantitative estimate of drug-likeness (QED) is 0.696. The highest BCUT2D eigenvalue weighted by atomic mass is 16.8. The van der Waals surface area contributed by atoms with E-state index >= 15 is 0 Å². The molecule has 2 rings (SSSR count). The summed E-state index contributed by atoms with van der Waals surface area (Å²) in [6.07, 6.45) is 0.988. The molecule has 1 heterocycles. The SMILES string of the molecule is CCCOn1oc2ccccc21. The second kappa shape index (κ2) is 2.93. The van der Waals surface area contributed by atoms with E-state index in [1.165, 1.54) is 4.90 Å². The van der Waals surface area contributed by atoms with Crippen molar-refractivity contribution in [2.75, 3.05) is 6.61 Å². The van der Waals surface area contributed by atoms with Crippen LogP contribution in [0.1, 0.15) is 13.3 Å². The standard InChI is InChI=1S/C9H11NO2/c1-2-7-11-10-8-5-3-4-6-9(8)12-10/h3-6H,2,7H2,1H3. The van der Waals surface area contributed by atoms with Gasteiger partial charge in [0.1, 0.15) is 6.61 Å². The Morgan fingerprint density at radius 1 is 1.42 bits per heavy atom. The number of hydrogen-bond donors (Lipinski definition) is 0. The van der Waals surface area contributed by atoms with Crippen molar-refractivity contribution in [3.63, 3.8) is 0 Å². The first kappa shape index (κ1) is 7.28. The van der Waals surface area contributed by atoms with Crippen LogP contribution in [0.2, 0.25) is 0 Å². The van der Waals surface area contributed by atoms with Gasteiger partial charge in [0.25, 0.3) is 0 Å². The summed E-state index contributed by atoms with van der Waals surface area (Å²) in [4.78, 5) is 6.72. The third kappa shape index (κ3) is 1.07. The molecule has 64 valence electrons. The smallest absolute Gasteiger partial charge is 0.189 e. The largest absolute Gasteiger partial charge is 0.385 e. The Balaban J connectivity index is 2.18. The van der Waals surface area contributed by atoms with E-state index in [1.807, 2.05) is 24.3 Å². The first-order valence-corrected chi connectivity index (χ1v) is 4.12. The molecule has 0 aliphatic carbocycles. The van der Waals surface area contributed by atoms with Gasteiger partial charge in [-0.25, -0.2) is 0 Å². The van der Waals surface area contributed by atoms with Crippen molar-refractivity contribution in [2.24, 2.45) is 0 Å². The van der Waals surface area contributed by atoms with Gasteiger partial charge < -0.3 is 9.36 Å². The maximum Gasteiger partial charge on any atom is 0.189 e. The molecule has 0 saturated carbocycles. The van der Waals surface area contributed by atoms with Crippen LogP contribution in [0.3, 0.4) is 0 Å². The lowest BCUT2D eigenvalue weighted by molar-refractivity contribution is -0.0242. The van der Waals surface area contributed by atoms with E-state index in [0.717, 1.165) is 17.5 Å². The van der Waals surface area contributed by atoms with Crippen LogP contribution in [-0.2, 0) is 0 Å². The Morgan fingerprint density at radius 2 is 2.25 bits per heavy atom. The van der Waals surface area contributed by atoms with E-state index in [4.69, 9.17) is 9.36 Å². The molecule has 0 bridgehead atoms. The topological polar surface area (TPSA) is 27.3 Å². The van der Waals surface area contributed by atoms with Gasteiger partial charge in [-0.15, -0.1) is 0 Å². The third-order valence-corrected chi connectivity index (χ3v) is 1.66. The lowest BCUT2D eigenvalue weighted by Crippen LogP contribution is -2.15. The maximum atomic E-state index is 5.26. The van der Waals surface area contributed by atoms with E-state index in [9.17, 15) is 0 Å². The van der Waals surface area contributed by atoms with Gasteiger partial charge in [-0.3, -0.25) is 0 Å². The summed E-state index contributed by atoms with van der Waals surface area (Å²) in [6.45, 7) is 2.75. The summed E-state index contributed by atoms with van der Waals surface area (Å²) in [5.74, 6) is 0. The minimum Gasteiger partial charge on any atom is -0.385 e. The predicted octanol–water partition coefficient (Wildman–Crippen LogP) is 2.07. The van der Waals surface area contributed by atoms with Gasteiger partial charge in [0.15, 0.2) is 11.1 Å². The van der Waals surface area contributed by atoms with Crippen molar-refractivity contribution in [1.82, 2.24) is 4.90 Å². The zero-order valence-corrected chi connectivity index (χ0v) is 6.99. The van der Waals surface area contributed by atoms with Crippen molar-refractivity contribution >= 4 is 11.1 Å². The van der Waals surface area contributed by atoms with E-state index in [2.05, 4.69) is 6.92 Å². The number of fused-ring (bicyclic) bond motifs is 1. The van der Waals surface area contributed by atoms with Crippen molar-refractivity contribution in [3.8, 4) is 0 Å². The van der Waals surface area contributed by atoms with Crippen LogP contribution in [0.25, 0.3) is 11.1 Å². The zero-order chi connectivity index (χ0) is 8.39. The molecular formula is C9H11NO2. The number of nitrogens with zero attached hydrogens (tertiary/aromatic N) is 1. The molecule has 0 aliphatic rings. The fraction of sp³-hybridized carbons (Fsp3) is 0.333. The average Bonchev–Trinajstić information content (AvgIpc) is 2.07. The van der Waals surface area contributed by atoms with Gasteiger partial charge in [-0.2, -0.15) is 0 Å². The maximum absolute atomic E-state index is 5.26. The Kier molecular flexibility index (Phi) is 1.78. The molecule has 0 saturated heterocycles. The molecule has 12 heavy (non-hydrogen) atoms. The van der Waals surface area contributed by atoms with Crippen LogP contribution in [0.15, 0.2) is 28.8 Å². The average molecular weight is 165 g/mol. The minimum absolute atomic E-state index is 0.689. The number of para-hydroxylation sites is 2. The normalized spacial score (nSPS) is 10.8. The van der Waals surface area contributed by atoms with Gasteiger partial charge in [0.05, 0.1) is 0 Å². The first-order valence-electron chi connectivity index (χ1n) is 4.12. The molecule has 0 spiro atoms. The van der Waals surface area contributed by atoms with E-state index in [-0.39, 0.29) is 0 Å². The second-order valence-electron chi connectivity index (χ2n) is 2.65. The second-order valence-corrected chi connectivity index (χ2v) is 2.65. The lowest BCUT2D eigenvalue weighted by atomic mass is 10.3. The molecule has 3 nitrogen and oxygen atoms in total. The van der Waals surface area contributed by atoms with Gasteiger partial charge in [0, 0.05) is 0 Å². The molecule has 0 aliphatic heterocycles. The highest BCUT2D eigenvalue weighted by molar-refractivity contribution is 5.73. The molecule has 0 N–H and O–H groups in total. The van der Waals surface area contributed by atoms with Crippen LogP contribution in [0.5, 0.6) is 0 Å². The summed E-state index contributed by atoms with van der Waals surface area (Å²) in [6, 6.07) is 7.79. The Bertz CT molecular complexity index is 361. The third-order valence-electron chi connectivity index (χ3n) is 1.66. The first-order chi connectivity index (χ1) is 5.92. The lowest BCUT2D eigenvalue weighted by Gasteiger charge is -2.12. The summed E-state index contributed by atoms with van der Waals surface area (Å²) >= 11 is 0. The van der Waals surface area contributed by atoms with Crippen molar-refractivity contribution < 1.29 is 9.36 Å². The number of rotatable bonds is 3. The minimum atomic E-state index is 0.689.